The molecule has 0 saturated carbocycles. The van der Waals surface area contributed by atoms with E-state index in [4.69, 9.17) is 18.6 Å². The number of ether oxygens (including phenoxy) is 3. The van der Waals surface area contributed by atoms with Crippen LogP contribution in [0.25, 0.3) is 0 Å². The van der Waals surface area contributed by atoms with Gasteiger partial charge in [-0.15, -0.1) is 0 Å². The summed E-state index contributed by atoms with van der Waals surface area (Å²) in [6, 6.07) is 13.4. The molecule has 0 unspecified atom stereocenters. The average Bonchev–Trinajstić information content (AvgIpc) is 3.41. The molecule has 0 aliphatic carbocycles. The average molecular weight is 467 g/mol. The van der Waals surface area contributed by atoms with Gasteiger partial charge in [-0.25, -0.2) is 4.79 Å². The van der Waals surface area contributed by atoms with Crippen molar-refractivity contribution in [1.29, 1.82) is 0 Å². The summed E-state index contributed by atoms with van der Waals surface area (Å²) < 4.78 is 20.2. The molecule has 0 spiro atoms. The number of furan rings is 1. The summed E-state index contributed by atoms with van der Waals surface area (Å²) in [5.74, 6) is -1.60. The highest BCUT2D eigenvalue weighted by molar-refractivity contribution is 6.02. The number of hydrogen-bond acceptors (Lipinski definition) is 8. The summed E-state index contributed by atoms with van der Waals surface area (Å²) in [4.78, 5) is 48.2. The van der Waals surface area contributed by atoms with Crippen LogP contribution in [0.1, 0.15) is 31.3 Å². The van der Waals surface area contributed by atoms with Gasteiger partial charge in [0.25, 0.3) is 17.7 Å². The van der Waals surface area contributed by atoms with Crippen LogP contribution in [-0.2, 0) is 9.53 Å². The fourth-order valence-corrected chi connectivity index (χ4v) is 2.72. The Hall–Kier alpha value is -4.80. The van der Waals surface area contributed by atoms with Crippen molar-refractivity contribution in [2.75, 3.05) is 26.1 Å². The fraction of sp³-hybridized carbons (Fsp3) is 0.130. The topological polar surface area (TPSA) is 145 Å². The van der Waals surface area contributed by atoms with Gasteiger partial charge in [-0.05, 0) is 54.6 Å². The van der Waals surface area contributed by atoms with Crippen molar-refractivity contribution in [3.8, 4) is 11.5 Å². The molecule has 11 nitrogen and oxygen atoms in total. The van der Waals surface area contributed by atoms with E-state index in [-0.39, 0.29) is 16.9 Å². The summed E-state index contributed by atoms with van der Waals surface area (Å²) >= 11 is 0. The number of hydrazine groups is 1. The van der Waals surface area contributed by atoms with Crippen LogP contribution in [0, 0.1) is 0 Å². The van der Waals surface area contributed by atoms with E-state index in [0.717, 1.165) is 0 Å². The number of amides is 3. The normalized spacial score (nSPS) is 10.1. The van der Waals surface area contributed by atoms with Gasteiger partial charge in [0.1, 0.15) is 0 Å². The quantitative estimate of drug-likeness (QED) is 0.338. The Labute approximate surface area is 194 Å². The Bertz CT molecular complexity index is 1170. The van der Waals surface area contributed by atoms with E-state index >= 15 is 0 Å². The van der Waals surface area contributed by atoms with E-state index < -0.39 is 30.3 Å². The van der Waals surface area contributed by atoms with Crippen LogP contribution >= 0.6 is 0 Å². The summed E-state index contributed by atoms with van der Waals surface area (Å²) in [5, 5.41) is 2.61. The van der Waals surface area contributed by atoms with Crippen molar-refractivity contribution in [2.24, 2.45) is 0 Å². The molecule has 11 heteroatoms. The van der Waals surface area contributed by atoms with E-state index in [2.05, 4.69) is 16.2 Å². The first kappa shape index (κ1) is 23.9. The van der Waals surface area contributed by atoms with Crippen LogP contribution in [0.15, 0.2) is 65.3 Å². The molecule has 0 fully saturated rings. The highest BCUT2D eigenvalue weighted by Crippen LogP contribution is 2.27. The highest BCUT2D eigenvalue weighted by atomic mass is 16.5. The van der Waals surface area contributed by atoms with Crippen molar-refractivity contribution < 1.29 is 37.8 Å². The van der Waals surface area contributed by atoms with E-state index in [0.29, 0.717) is 17.2 Å². The predicted molar refractivity (Wildman–Crippen MR) is 119 cm³/mol. The molecular formula is C23H21N3O8. The van der Waals surface area contributed by atoms with E-state index in [1.807, 2.05) is 0 Å². The molecule has 0 saturated heterocycles. The summed E-state index contributed by atoms with van der Waals surface area (Å²) in [5.41, 5.74) is 5.19. The number of hydrogen-bond donors (Lipinski definition) is 3. The lowest BCUT2D eigenvalue weighted by Crippen LogP contribution is -2.43. The number of esters is 1. The molecule has 0 radical (unpaired) electrons. The standard InChI is InChI=1S/C23H21N3O8/c1-31-17-10-7-15(12-19(17)32-2)21(28)26-25-20(27)13-34-23(30)14-5-8-16(9-6-14)24-22(29)18-4-3-11-33-18/h3-12H,13H2,1-2H3,(H,24,29)(H,25,27)(H,26,28). The van der Waals surface area contributed by atoms with Crippen molar-refractivity contribution in [3.63, 3.8) is 0 Å². The minimum absolute atomic E-state index is 0.146. The highest BCUT2D eigenvalue weighted by Gasteiger charge is 2.14. The Morgan fingerprint density at radius 3 is 2.18 bits per heavy atom. The number of benzene rings is 2. The maximum Gasteiger partial charge on any atom is 0.338 e. The fourth-order valence-electron chi connectivity index (χ4n) is 2.72. The zero-order valence-electron chi connectivity index (χ0n) is 18.2. The molecule has 0 aliphatic rings. The number of carbonyl (C=O) groups excluding carboxylic acids is 4. The van der Waals surface area contributed by atoms with Gasteiger partial charge >= 0.3 is 5.97 Å². The smallest absolute Gasteiger partial charge is 0.338 e. The predicted octanol–water partition coefficient (Wildman–Crippen LogP) is 2.17. The van der Waals surface area contributed by atoms with Crippen molar-refractivity contribution in [1.82, 2.24) is 10.9 Å². The minimum atomic E-state index is -0.759. The molecule has 0 atom stereocenters. The van der Waals surface area contributed by atoms with Crippen LogP contribution in [0.4, 0.5) is 5.69 Å². The van der Waals surface area contributed by atoms with Gasteiger partial charge in [0, 0.05) is 11.3 Å². The zero-order chi connectivity index (χ0) is 24.5. The van der Waals surface area contributed by atoms with Gasteiger partial charge in [0.05, 0.1) is 26.0 Å². The first-order valence-corrected chi connectivity index (χ1v) is 9.84. The Morgan fingerprint density at radius 1 is 0.824 bits per heavy atom. The third-order valence-electron chi connectivity index (χ3n) is 4.42. The van der Waals surface area contributed by atoms with E-state index in [9.17, 15) is 19.2 Å². The number of nitrogens with one attached hydrogen (secondary N) is 3. The van der Waals surface area contributed by atoms with Crippen molar-refractivity contribution >= 4 is 29.4 Å². The van der Waals surface area contributed by atoms with E-state index in [1.54, 1.807) is 12.1 Å². The lowest BCUT2D eigenvalue weighted by Gasteiger charge is -2.11. The number of anilines is 1. The Kier molecular flexibility index (Phi) is 7.84. The second kappa shape index (κ2) is 11.2. The molecule has 1 heterocycles. The van der Waals surface area contributed by atoms with Gasteiger partial charge in [0.15, 0.2) is 23.9 Å². The first-order valence-electron chi connectivity index (χ1n) is 9.84. The summed E-state index contributed by atoms with van der Waals surface area (Å²) in [6.07, 6.45) is 1.38. The molecule has 1 aromatic heterocycles. The Balaban J connectivity index is 1.45. The molecule has 3 rings (SSSR count). The number of rotatable bonds is 8. The van der Waals surface area contributed by atoms with Gasteiger partial charge < -0.3 is 23.9 Å². The minimum Gasteiger partial charge on any atom is -0.493 e. The zero-order valence-corrected chi connectivity index (χ0v) is 18.2. The largest absolute Gasteiger partial charge is 0.493 e. The van der Waals surface area contributed by atoms with Crippen molar-refractivity contribution in [3.05, 3.63) is 77.7 Å². The summed E-state index contributed by atoms with van der Waals surface area (Å²) in [7, 11) is 2.90. The maximum atomic E-state index is 12.2. The molecular weight excluding hydrogens is 446 g/mol. The molecule has 0 aliphatic heterocycles. The molecule has 3 aromatic rings. The third kappa shape index (κ3) is 6.13. The SMILES string of the molecule is COc1ccc(C(=O)NNC(=O)COC(=O)c2ccc(NC(=O)c3ccco3)cc2)cc1OC. The molecule has 0 bridgehead atoms. The van der Waals surface area contributed by atoms with Crippen LogP contribution in [0.2, 0.25) is 0 Å². The number of carbonyl (C=O) groups is 4. The summed E-state index contributed by atoms with van der Waals surface area (Å²) in [6.45, 7) is -0.623. The van der Waals surface area contributed by atoms with Gasteiger partial charge in [-0.3, -0.25) is 25.2 Å². The number of methoxy groups -OCH3 is 2. The Morgan fingerprint density at radius 2 is 1.53 bits per heavy atom. The van der Waals surface area contributed by atoms with Gasteiger partial charge in [0.2, 0.25) is 0 Å². The lowest BCUT2D eigenvalue weighted by molar-refractivity contribution is -0.125. The second-order valence-electron chi connectivity index (χ2n) is 6.66. The van der Waals surface area contributed by atoms with Crippen molar-refractivity contribution in [2.45, 2.75) is 0 Å². The van der Waals surface area contributed by atoms with Gasteiger partial charge in [-0.1, -0.05) is 0 Å². The molecule has 2 aromatic carbocycles. The molecule has 176 valence electrons. The second-order valence-corrected chi connectivity index (χ2v) is 6.66. The van der Waals surface area contributed by atoms with Crippen LogP contribution in [0.3, 0.4) is 0 Å². The first-order chi connectivity index (χ1) is 16.4. The lowest BCUT2D eigenvalue weighted by atomic mass is 10.2. The van der Waals surface area contributed by atoms with Crippen LogP contribution in [-0.4, -0.2) is 44.5 Å². The van der Waals surface area contributed by atoms with Gasteiger partial charge in [-0.2, -0.15) is 0 Å². The van der Waals surface area contributed by atoms with Crippen LogP contribution in [0.5, 0.6) is 11.5 Å². The molecule has 3 N–H and O–H groups in total. The van der Waals surface area contributed by atoms with E-state index in [1.165, 1.54) is 62.9 Å². The molecule has 3 amide bonds. The monoisotopic (exact) mass is 467 g/mol. The maximum absolute atomic E-state index is 12.2. The third-order valence-corrected chi connectivity index (χ3v) is 4.42. The van der Waals surface area contributed by atoms with Crippen LogP contribution < -0.4 is 25.6 Å². The molecule has 34 heavy (non-hydrogen) atoms.